The van der Waals surface area contributed by atoms with Crippen LogP contribution in [0, 0.1) is 33.4 Å². The highest BCUT2D eigenvalue weighted by Crippen LogP contribution is 2.33. The van der Waals surface area contributed by atoms with Crippen LogP contribution in [-0.2, 0) is 16.0 Å². The third kappa shape index (κ3) is 3.73. The maximum atomic E-state index is 13.8. The zero-order chi connectivity index (χ0) is 25.7. The number of ketones is 1. The maximum Gasteiger partial charge on any atom is 0.317 e. The first-order valence-corrected chi connectivity index (χ1v) is 12.1. The summed E-state index contributed by atoms with van der Waals surface area (Å²) in [6, 6.07) is 13.9. The van der Waals surface area contributed by atoms with Gasteiger partial charge in [-0.15, -0.1) is 0 Å². The van der Waals surface area contributed by atoms with Crippen molar-refractivity contribution in [3.63, 3.8) is 0 Å². The van der Waals surface area contributed by atoms with Crippen LogP contribution >= 0.6 is 11.6 Å². The standard InChI is InChI=1S/C29H24ClNO5/c1-15-7-9-22-21(26(15)28(32)18-10-8-17(31(34)35)13-16(18)2)12-11-20-19-5-4-6-25(30)23(19)14-24(27(20)22)29(33)36-3/h4-6,8,10-15,24H,7,9H2,1-3H3. The molecule has 0 fully saturated rings. The molecule has 182 valence electrons. The second-order valence-corrected chi connectivity index (χ2v) is 9.77. The highest BCUT2D eigenvalue weighted by Gasteiger charge is 2.31. The number of rotatable bonds is 4. The van der Waals surface area contributed by atoms with E-state index in [9.17, 15) is 19.7 Å². The molecule has 0 N–H and O–H groups in total. The molecule has 3 aromatic carbocycles. The van der Waals surface area contributed by atoms with Gasteiger partial charge in [-0.25, -0.2) is 0 Å². The minimum absolute atomic E-state index is 0.0106. The first kappa shape index (κ1) is 23.9. The Morgan fingerprint density at radius 1 is 1.08 bits per heavy atom. The molecule has 0 spiro atoms. The molecular formula is C29H24ClNO5. The van der Waals surface area contributed by atoms with Gasteiger partial charge in [0.1, 0.15) is 5.92 Å². The summed E-state index contributed by atoms with van der Waals surface area (Å²) in [5.74, 6) is -1.18. The first-order valence-electron chi connectivity index (χ1n) is 11.8. The van der Waals surface area contributed by atoms with Gasteiger partial charge in [0.05, 0.1) is 12.0 Å². The Hall–Kier alpha value is -3.77. The van der Waals surface area contributed by atoms with Crippen molar-refractivity contribution < 1.29 is 19.2 Å². The van der Waals surface area contributed by atoms with E-state index in [4.69, 9.17) is 16.3 Å². The van der Waals surface area contributed by atoms with Crippen molar-refractivity contribution in [2.45, 2.75) is 32.6 Å². The lowest BCUT2D eigenvalue weighted by molar-refractivity contribution is -0.384. The SMILES string of the molecule is COC(=O)C1C=c2c(Cl)cccc2=c2ccc3c(c21)CCC(C)C=3C(=O)c1ccc([N+](=O)[O-])cc1C. The Morgan fingerprint density at radius 3 is 2.53 bits per heavy atom. The molecule has 0 radical (unpaired) electrons. The molecule has 5 rings (SSSR count). The molecule has 0 saturated carbocycles. The molecule has 6 nitrogen and oxygen atoms in total. The van der Waals surface area contributed by atoms with Crippen molar-refractivity contribution in [1.82, 2.24) is 0 Å². The zero-order valence-corrected chi connectivity index (χ0v) is 20.9. The Kier molecular flexibility index (Phi) is 6.00. The number of benzene rings is 3. The van der Waals surface area contributed by atoms with Crippen molar-refractivity contribution in [3.8, 4) is 0 Å². The van der Waals surface area contributed by atoms with Crippen LogP contribution in [0.5, 0.6) is 0 Å². The summed E-state index contributed by atoms with van der Waals surface area (Å²) in [6.45, 7) is 3.74. The fraction of sp³-hybridized carbons (Fsp3) is 0.241. The molecule has 2 unspecified atom stereocenters. The van der Waals surface area contributed by atoms with Gasteiger partial charge in [0, 0.05) is 28.3 Å². The summed E-state index contributed by atoms with van der Waals surface area (Å²) in [7, 11) is 1.37. The van der Waals surface area contributed by atoms with Crippen molar-refractivity contribution in [3.05, 3.63) is 107 Å². The van der Waals surface area contributed by atoms with E-state index in [1.807, 2.05) is 37.3 Å². The van der Waals surface area contributed by atoms with Crippen molar-refractivity contribution in [1.29, 1.82) is 0 Å². The Balaban J connectivity index is 1.83. The summed E-state index contributed by atoms with van der Waals surface area (Å²) in [5, 5.41) is 15.2. The topological polar surface area (TPSA) is 86.5 Å². The lowest BCUT2D eigenvalue weighted by atomic mass is 9.76. The van der Waals surface area contributed by atoms with Crippen LogP contribution in [0.3, 0.4) is 0 Å². The van der Waals surface area contributed by atoms with E-state index in [0.29, 0.717) is 28.1 Å². The molecule has 0 bridgehead atoms. The number of esters is 1. The number of non-ortho nitro benzene ring substituents is 1. The lowest BCUT2D eigenvalue weighted by Crippen LogP contribution is -2.32. The zero-order valence-electron chi connectivity index (χ0n) is 20.1. The number of hydrogen-bond acceptors (Lipinski definition) is 5. The number of nitro groups is 1. The van der Waals surface area contributed by atoms with E-state index >= 15 is 0 Å². The number of fused-ring (bicyclic) bond motifs is 4. The number of nitrogens with zero attached hydrogens (tertiary/aromatic N) is 1. The number of nitro benzene ring substituents is 1. The molecule has 0 heterocycles. The molecular weight excluding hydrogens is 478 g/mol. The van der Waals surface area contributed by atoms with Gasteiger partial charge in [0.2, 0.25) is 0 Å². The lowest BCUT2D eigenvalue weighted by Gasteiger charge is -2.27. The van der Waals surface area contributed by atoms with E-state index in [1.54, 1.807) is 13.0 Å². The number of halogens is 1. The van der Waals surface area contributed by atoms with E-state index in [1.165, 1.54) is 25.3 Å². The van der Waals surface area contributed by atoms with Gasteiger partial charge < -0.3 is 4.74 Å². The minimum atomic E-state index is -0.641. The molecule has 0 amide bonds. The van der Waals surface area contributed by atoms with Crippen molar-refractivity contribution in [2.75, 3.05) is 7.11 Å². The van der Waals surface area contributed by atoms with Crippen LogP contribution in [0.1, 0.15) is 46.3 Å². The van der Waals surface area contributed by atoms with Gasteiger partial charge in [-0.3, -0.25) is 19.7 Å². The average Bonchev–Trinajstić information content (AvgIpc) is 2.87. The fourth-order valence-electron chi connectivity index (χ4n) is 5.56. The van der Waals surface area contributed by atoms with E-state index < -0.39 is 10.8 Å². The summed E-state index contributed by atoms with van der Waals surface area (Å²) in [6.07, 6.45) is 3.31. The van der Waals surface area contributed by atoms with Crippen LogP contribution < -0.4 is 10.4 Å². The fourth-order valence-corrected chi connectivity index (χ4v) is 5.80. The number of carbonyl (C=O) groups is 2. The van der Waals surface area contributed by atoms with Crippen LogP contribution in [0.2, 0.25) is 5.02 Å². The molecule has 0 aromatic heterocycles. The predicted octanol–water partition coefficient (Wildman–Crippen LogP) is 4.51. The maximum absolute atomic E-state index is 13.8. The Labute approximate surface area is 212 Å². The van der Waals surface area contributed by atoms with E-state index in [2.05, 4.69) is 0 Å². The third-order valence-electron chi connectivity index (χ3n) is 7.32. The van der Waals surface area contributed by atoms with Gasteiger partial charge in [-0.2, -0.15) is 0 Å². The summed E-state index contributed by atoms with van der Waals surface area (Å²) in [5.41, 5.74) is 3.44. The molecule has 2 aliphatic carbocycles. The van der Waals surface area contributed by atoms with Gasteiger partial charge >= 0.3 is 5.97 Å². The first-order chi connectivity index (χ1) is 17.2. The third-order valence-corrected chi connectivity index (χ3v) is 7.65. The number of ether oxygens (including phenoxy) is 1. The smallest absolute Gasteiger partial charge is 0.317 e. The van der Waals surface area contributed by atoms with Gasteiger partial charge in [0.15, 0.2) is 5.78 Å². The van der Waals surface area contributed by atoms with Gasteiger partial charge in [0.25, 0.3) is 5.69 Å². The van der Waals surface area contributed by atoms with Crippen LogP contribution in [0.4, 0.5) is 5.69 Å². The number of Topliss-reactive ketones (excluding diaryl/α,β-unsaturated/α-hetero) is 1. The molecule has 7 heteroatoms. The summed E-state index contributed by atoms with van der Waals surface area (Å²) < 4.78 is 5.16. The molecule has 0 aliphatic heterocycles. The van der Waals surface area contributed by atoms with Gasteiger partial charge in [-0.1, -0.05) is 48.9 Å². The normalized spacial score (nSPS) is 17.8. The predicted molar refractivity (Wildman–Crippen MR) is 137 cm³/mol. The monoisotopic (exact) mass is 501 g/mol. The van der Waals surface area contributed by atoms with Crippen molar-refractivity contribution in [2.24, 2.45) is 5.92 Å². The van der Waals surface area contributed by atoms with Crippen LogP contribution in [-0.4, -0.2) is 23.8 Å². The molecule has 2 atom stereocenters. The second kappa shape index (κ2) is 9.03. The minimum Gasteiger partial charge on any atom is -0.468 e. The Bertz CT molecular complexity index is 1690. The highest BCUT2D eigenvalue weighted by molar-refractivity contribution is 6.30. The van der Waals surface area contributed by atoms with E-state index in [0.717, 1.165) is 38.4 Å². The molecule has 3 aromatic rings. The highest BCUT2D eigenvalue weighted by atomic mass is 35.5. The number of carbonyl (C=O) groups excluding carboxylic acids is 2. The quantitative estimate of drug-likeness (QED) is 0.227. The number of hydrogen-bond donors (Lipinski definition) is 0. The number of methoxy groups -OCH3 is 1. The second-order valence-electron chi connectivity index (χ2n) is 9.36. The summed E-state index contributed by atoms with van der Waals surface area (Å²) in [4.78, 5) is 37.5. The average molecular weight is 502 g/mol. The molecule has 0 saturated heterocycles. The largest absolute Gasteiger partial charge is 0.468 e. The Morgan fingerprint density at radius 2 is 1.83 bits per heavy atom. The van der Waals surface area contributed by atoms with E-state index in [-0.39, 0.29) is 23.4 Å². The van der Waals surface area contributed by atoms with Crippen LogP contribution in [0.15, 0.2) is 48.5 Å². The van der Waals surface area contributed by atoms with Crippen LogP contribution in [0.25, 0.3) is 11.6 Å². The summed E-state index contributed by atoms with van der Waals surface area (Å²) >= 11 is 6.49. The van der Waals surface area contributed by atoms with Gasteiger partial charge in [-0.05, 0) is 75.4 Å². The number of aryl methyl sites for hydroxylation is 1. The molecule has 36 heavy (non-hydrogen) atoms. The molecule has 2 aliphatic rings. The van der Waals surface area contributed by atoms with Crippen molar-refractivity contribution >= 4 is 40.7 Å².